The van der Waals surface area contributed by atoms with Gasteiger partial charge in [0, 0.05) is 31.5 Å². The minimum atomic E-state index is -0.00680. The van der Waals surface area contributed by atoms with Crippen molar-refractivity contribution in [3.05, 3.63) is 29.3 Å². The summed E-state index contributed by atoms with van der Waals surface area (Å²) in [6, 6.07) is 5.83. The molecule has 1 aliphatic rings. The van der Waals surface area contributed by atoms with Gasteiger partial charge in [-0.1, -0.05) is 6.92 Å². The molecule has 1 aromatic rings. The number of fused-ring (bicyclic) bond motifs is 1. The van der Waals surface area contributed by atoms with E-state index < -0.39 is 0 Å². The Morgan fingerprint density at radius 1 is 1.56 bits per heavy atom. The summed E-state index contributed by atoms with van der Waals surface area (Å²) in [5, 5.41) is 6.22. The second-order valence-corrected chi connectivity index (χ2v) is 4.82. The molecule has 18 heavy (non-hydrogen) atoms. The van der Waals surface area contributed by atoms with E-state index in [0.717, 1.165) is 24.2 Å². The SMILES string of the molecule is COCC(C)CNC(=O)c1ccc2c(c1)CCN2. The standard InChI is InChI=1S/C14H20N2O2/c1-10(9-18-2)8-16-14(17)12-3-4-13-11(7-12)5-6-15-13/h3-4,7,10,15H,5-6,8-9H2,1-2H3,(H,16,17). The van der Waals surface area contributed by atoms with Gasteiger partial charge in [0.05, 0.1) is 6.61 Å². The summed E-state index contributed by atoms with van der Waals surface area (Å²) < 4.78 is 5.04. The van der Waals surface area contributed by atoms with E-state index in [2.05, 4.69) is 17.6 Å². The fourth-order valence-electron chi connectivity index (χ4n) is 2.16. The minimum absolute atomic E-state index is 0.00680. The zero-order valence-corrected chi connectivity index (χ0v) is 11.0. The van der Waals surface area contributed by atoms with E-state index in [9.17, 15) is 4.79 Å². The maximum Gasteiger partial charge on any atom is 0.251 e. The van der Waals surface area contributed by atoms with Crippen LogP contribution in [0.15, 0.2) is 18.2 Å². The Morgan fingerprint density at radius 3 is 3.17 bits per heavy atom. The summed E-state index contributed by atoms with van der Waals surface area (Å²) in [5.74, 6) is 0.322. The molecule has 1 aromatic carbocycles. The predicted molar refractivity (Wildman–Crippen MR) is 72.0 cm³/mol. The number of benzene rings is 1. The number of rotatable bonds is 5. The lowest BCUT2D eigenvalue weighted by molar-refractivity contribution is 0.0934. The van der Waals surface area contributed by atoms with E-state index in [0.29, 0.717) is 19.1 Å². The van der Waals surface area contributed by atoms with Gasteiger partial charge in [0.25, 0.3) is 5.91 Å². The van der Waals surface area contributed by atoms with Crippen LogP contribution >= 0.6 is 0 Å². The monoisotopic (exact) mass is 248 g/mol. The highest BCUT2D eigenvalue weighted by atomic mass is 16.5. The quantitative estimate of drug-likeness (QED) is 0.833. The van der Waals surface area contributed by atoms with Crippen molar-refractivity contribution in [2.75, 3.05) is 32.1 Å². The lowest BCUT2D eigenvalue weighted by atomic mass is 10.1. The number of nitrogens with one attached hydrogen (secondary N) is 2. The van der Waals surface area contributed by atoms with E-state index >= 15 is 0 Å². The van der Waals surface area contributed by atoms with Gasteiger partial charge in [-0.05, 0) is 36.1 Å². The summed E-state index contributed by atoms with van der Waals surface area (Å²) in [4.78, 5) is 12.0. The van der Waals surface area contributed by atoms with Crippen LogP contribution in [0.3, 0.4) is 0 Å². The number of anilines is 1. The van der Waals surface area contributed by atoms with Crippen molar-refractivity contribution in [1.29, 1.82) is 0 Å². The summed E-state index contributed by atoms with van der Waals surface area (Å²) in [7, 11) is 1.67. The summed E-state index contributed by atoms with van der Waals surface area (Å²) in [6.45, 7) is 4.32. The van der Waals surface area contributed by atoms with Crippen LogP contribution in [-0.4, -0.2) is 32.7 Å². The fraction of sp³-hybridized carbons (Fsp3) is 0.500. The lowest BCUT2D eigenvalue weighted by Crippen LogP contribution is -2.29. The first-order chi connectivity index (χ1) is 8.70. The third-order valence-electron chi connectivity index (χ3n) is 3.14. The van der Waals surface area contributed by atoms with Gasteiger partial charge in [-0.3, -0.25) is 4.79 Å². The van der Waals surface area contributed by atoms with Gasteiger partial charge in [0.1, 0.15) is 0 Å². The Morgan fingerprint density at radius 2 is 2.39 bits per heavy atom. The van der Waals surface area contributed by atoms with Gasteiger partial charge in [-0.2, -0.15) is 0 Å². The molecule has 1 aliphatic heterocycles. The number of ether oxygens (including phenoxy) is 1. The molecule has 1 atom stereocenters. The van der Waals surface area contributed by atoms with Gasteiger partial charge in [0.15, 0.2) is 0 Å². The Hall–Kier alpha value is -1.55. The van der Waals surface area contributed by atoms with Crippen LogP contribution in [0.25, 0.3) is 0 Å². The molecule has 4 nitrogen and oxygen atoms in total. The van der Waals surface area contributed by atoms with Crippen molar-refractivity contribution in [3.8, 4) is 0 Å². The first-order valence-corrected chi connectivity index (χ1v) is 6.34. The minimum Gasteiger partial charge on any atom is -0.384 e. The van der Waals surface area contributed by atoms with Gasteiger partial charge < -0.3 is 15.4 Å². The molecular weight excluding hydrogens is 228 g/mol. The molecule has 0 saturated heterocycles. The molecule has 0 aromatic heterocycles. The van der Waals surface area contributed by atoms with Crippen LogP contribution in [0.4, 0.5) is 5.69 Å². The van der Waals surface area contributed by atoms with Crippen molar-refractivity contribution in [3.63, 3.8) is 0 Å². The third-order valence-corrected chi connectivity index (χ3v) is 3.14. The van der Waals surface area contributed by atoms with Gasteiger partial charge in [-0.25, -0.2) is 0 Å². The van der Waals surface area contributed by atoms with Crippen molar-refractivity contribution in [1.82, 2.24) is 5.32 Å². The third kappa shape index (κ3) is 3.01. The van der Waals surface area contributed by atoms with Gasteiger partial charge in [-0.15, -0.1) is 0 Å². The Kier molecular flexibility index (Phi) is 4.20. The van der Waals surface area contributed by atoms with E-state index in [1.165, 1.54) is 5.56 Å². The summed E-state index contributed by atoms with van der Waals surface area (Å²) in [6.07, 6.45) is 0.997. The Balaban J connectivity index is 1.93. The van der Waals surface area contributed by atoms with Crippen LogP contribution in [0.1, 0.15) is 22.8 Å². The van der Waals surface area contributed by atoms with Crippen LogP contribution in [-0.2, 0) is 11.2 Å². The number of hydrogen-bond acceptors (Lipinski definition) is 3. The largest absolute Gasteiger partial charge is 0.384 e. The summed E-state index contributed by atoms with van der Waals surface area (Å²) >= 11 is 0. The van der Waals surface area contributed by atoms with Crippen LogP contribution in [0.5, 0.6) is 0 Å². The molecule has 98 valence electrons. The lowest BCUT2D eigenvalue weighted by Gasteiger charge is -2.12. The molecule has 0 bridgehead atoms. The molecule has 0 saturated carbocycles. The Labute approximate surface area is 108 Å². The van der Waals surface area contributed by atoms with E-state index in [1.54, 1.807) is 7.11 Å². The van der Waals surface area contributed by atoms with Crippen molar-refractivity contribution in [2.24, 2.45) is 5.92 Å². The number of carbonyl (C=O) groups is 1. The number of methoxy groups -OCH3 is 1. The van der Waals surface area contributed by atoms with Crippen molar-refractivity contribution in [2.45, 2.75) is 13.3 Å². The molecule has 0 spiro atoms. The van der Waals surface area contributed by atoms with Crippen LogP contribution < -0.4 is 10.6 Å². The van der Waals surface area contributed by atoms with E-state index in [1.807, 2.05) is 18.2 Å². The molecule has 0 aliphatic carbocycles. The normalized spacial score (nSPS) is 14.8. The number of amides is 1. The first kappa shape index (κ1) is 12.9. The van der Waals surface area contributed by atoms with Gasteiger partial charge in [0.2, 0.25) is 0 Å². The maximum atomic E-state index is 12.0. The number of hydrogen-bond donors (Lipinski definition) is 2. The molecule has 2 rings (SSSR count). The highest BCUT2D eigenvalue weighted by molar-refractivity contribution is 5.95. The van der Waals surface area contributed by atoms with Gasteiger partial charge >= 0.3 is 0 Å². The molecule has 2 N–H and O–H groups in total. The van der Waals surface area contributed by atoms with E-state index in [4.69, 9.17) is 4.74 Å². The molecule has 0 radical (unpaired) electrons. The molecule has 4 heteroatoms. The smallest absolute Gasteiger partial charge is 0.251 e. The molecule has 1 heterocycles. The van der Waals surface area contributed by atoms with Crippen molar-refractivity contribution < 1.29 is 9.53 Å². The maximum absolute atomic E-state index is 12.0. The number of carbonyl (C=O) groups excluding carboxylic acids is 1. The topological polar surface area (TPSA) is 50.4 Å². The predicted octanol–water partition coefficient (Wildman–Crippen LogP) is 1.67. The van der Waals surface area contributed by atoms with Crippen LogP contribution in [0, 0.1) is 5.92 Å². The zero-order chi connectivity index (χ0) is 13.0. The average Bonchev–Trinajstić information content (AvgIpc) is 2.83. The molecular formula is C14H20N2O2. The molecule has 1 amide bonds. The fourth-order valence-corrected chi connectivity index (χ4v) is 2.16. The Bertz CT molecular complexity index is 432. The second kappa shape index (κ2) is 5.87. The average molecular weight is 248 g/mol. The second-order valence-electron chi connectivity index (χ2n) is 4.82. The molecule has 1 unspecified atom stereocenters. The van der Waals surface area contributed by atoms with E-state index in [-0.39, 0.29) is 5.91 Å². The zero-order valence-electron chi connectivity index (χ0n) is 11.0. The van der Waals surface area contributed by atoms with Crippen LogP contribution in [0.2, 0.25) is 0 Å². The highest BCUT2D eigenvalue weighted by Gasteiger charge is 2.13. The molecule has 0 fully saturated rings. The summed E-state index contributed by atoms with van der Waals surface area (Å²) in [5.41, 5.74) is 3.12. The van der Waals surface area contributed by atoms with Crippen molar-refractivity contribution >= 4 is 11.6 Å². The highest BCUT2D eigenvalue weighted by Crippen LogP contribution is 2.22. The first-order valence-electron chi connectivity index (χ1n) is 6.34.